The SMILES string of the molecule is Cc1ccccc1[C@@H](O)CO. The first-order valence-corrected chi connectivity index (χ1v) is 3.60. The van der Waals surface area contributed by atoms with Gasteiger partial charge in [0, 0.05) is 0 Å². The van der Waals surface area contributed by atoms with E-state index in [1.165, 1.54) is 0 Å². The van der Waals surface area contributed by atoms with Crippen molar-refractivity contribution in [2.75, 3.05) is 6.61 Å². The lowest BCUT2D eigenvalue weighted by Gasteiger charge is -2.09. The van der Waals surface area contributed by atoms with Crippen molar-refractivity contribution in [3.05, 3.63) is 35.4 Å². The van der Waals surface area contributed by atoms with E-state index in [1.807, 2.05) is 31.2 Å². The van der Waals surface area contributed by atoms with E-state index in [4.69, 9.17) is 5.11 Å². The van der Waals surface area contributed by atoms with Crippen molar-refractivity contribution in [2.45, 2.75) is 13.0 Å². The summed E-state index contributed by atoms with van der Waals surface area (Å²) in [5, 5.41) is 17.9. The molecule has 0 aliphatic carbocycles. The molecule has 0 aromatic heterocycles. The average Bonchev–Trinajstić information content (AvgIpc) is 2.04. The third-order valence-electron chi connectivity index (χ3n) is 1.72. The lowest BCUT2D eigenvalue weighted by atomic mass is 10.0. The largest absolute Gasteiger partial charge is 0.393 e. The zero-order valence-electron chi connectivity index (χ0n) is 6.49. The monoisotopic (exact) mass is 152 g/mol. The predicted octanol–water partition coefficient (Wildman–Crippen LogP) is 1.02. The quantitative estimate of drug-likeness (QED) is 0.664. The molecule has 0 amide bonds. The highest BCUT2D eigenvalue weighted by atomic mass is 16.3. The van der Waals surface area contributed by atoms with Gasteiger partial charge >= 0.3 is 0 Å². The molecule has 11 heavy (non-hydrogen) atoms. The molecule has 2 N–H and O–H groups in total. The van der Waals surface area contributed by atoms with E-state index in [1.54, 1.807) is 0 Å². The van der Waals surface area contributed by atoms with Crippen LogP contribution in [0.4, 0.5) is 0 Å². The predicted molar refractivity (Wildman–Crippen MR) is 43.2 cm³/mol. The van der Waals surface area contributed by atoms with Gasteiger partial charge in [-0.15, -0.1) is 0 Å². The van der Waals surface area contributed by atoms with Gasteiger partial charge < -0.3 is 10.2 Å². The van der Waals surface area contributed by atoms with Crippen LogP contribution in [0.1, 0.15) is 17.2 Å². The van der Waals surface area contributed by atoms with Crippen LogP contribution in [0.3, 0.4) is 0 Å². The van der Waals surface area contributed by atoms with Crippen LogP contribution in [0.25, 0.3) is 0 Å². The number of hydrogen-bond acceptors (Lipinski definition) is 2. The van der Waals surface area contributed by atoms with Crippen LogP contribution >= 0.6 is 0 Å². The first-order chi connectivity index (χ1) is 5.25. The molecule has 1 atom stereocenters. The summed E-state index contributed by atoms with van der Waals surface area (Å²) in [7, 11) is 0. The Labute approximate surface area is 66.1 Å². The van der Waals surface area contributed by atoms with Gasteiger partial charge in [0.15, 0.2) is 0 Å². The molecule has 0 radical (unpaired) electrons. The zero-order valence-corrected chi connectivity index (χ0v) is 6.49. The fraction of sp³-hybridized carbons (Fsp3) is 0.333. The summed E-state index contributed by atoms with van der Waals surface area (Å²) in [5.74, 6) is 0. The Morgan fingerprint density at radius 1 is 1.36 bits per heavy atom. The summed E-state index contributed by atoms with van der Waals surface area (Å²) in [5.41, 5.74) is 1.81. The van der Waals surface area contributed by atoms with Crippen molar-refractivity contribution in [2.24, 2.45) is 0 Å². The molecule has 0 unspecified atom stereocenters. The Kier molecular flexibility index (Phi) is 2.63. The molecule has 0 spiro atoms. The molecule has 0 bridgehead atoms. The van der Waals surface area contributed by atoms with Crippen LogP contribution in [-0.4, -0.2) is 16.8 Å². The number of aliphatic hydroxyl groups excluding tert-OH is 2. The van der Waals surface area contributed by atoms with Crippen LogP contribution in [0.2, 0.25) is 0 Å². The average molecular weight is 152 g/mol. The Morgan fingerprint density at radius 3 is 2.55 bits per heavy atom. The molecular formula is C9H12O2. The van der Waals surface area contributed by atoms with E-state index >= 15 is 0 Å². The molecule has 1 rings (SSSR count). The van der Waals surface area contributed by atoms with Crippen molar-refractivity contribution < 1.29 is 10.2 Å². The van der Waals surface area contributed by atoms with Crippen LogP contribution in [0.5, 0.6) is 0 Å². The van der Waals surface area contributed by atoms with Gasteiger partial charge in [0.25, 0.3) is 0 Å². The molecule has 2 heteroatoms. The number of aliphatic hydroxyl groups is 2. The maximum atomic E-state index is 9.26. The molecule has 60 valence electrons. The second-order valence-electron chi connectivity index (χ2n) is 2.55. The summed E-state index contributed by atoms with van der Waals surface area (Å²) >= 11 is 0. The zero-order chi connectivity index (χ0) is 8.27. The molecule has 0 heterocycles. The second kappa shape index (κ2) is 3.51. The fourth-order valence-electron chi connectivity index (χ4n) is 1.06. The summed E-state index contributed by atoms with van der Waals surface area (Å²) in [6.07, 6.45) is -0.740. The van der Waals surface area contributed by atoms with Gasteiger partial charge in [-0.05, 0) is 18.1 Å². The lowest BCUT2D eigenvalue weighted by Crippen LogP contribution is -2.03. The number of aryl methyl sites for hydroxylation is 1. The molecule has 1 aromatic rings. The van der Waals surface area contributed by atoms with Gasteiger partial charge in [0.1, 0.15) is 6.10 Å². The minimum Gasteiger partial charge on any atom is -0.393 e. The van der Waals surface area contributed by atoms with Crippen molar-refractivity contribution >= 4 is 0 Å². The summed E-state index contributed by atoms with van der Waals surface area (Å²) in [6.45, 7) is 1.69. The normalized spacial score (nSPS) is 13.0. The smallest absolute Gasteiger partial charge is 0.102 e. The molecule has 0 fully saturated rings. The Morgan fingerprint density at radius 2 is 2.00 bits per heavy atom. The third-order valence-corrected chi connectivity index (χ3v) is 1.72. The molecule has 0 saturated heterocycles. The third kappa shape index (κ3) is 1.79. The van der Waals surface area contributed by atoms with Crippen LogP contribution < -0.4 is 0 Å². The number of hydrogen-bond donors (Lipinski definition) is 2. The van der Waals surface area contributed by atoms with Crippen molar-refractivity contribution in [3.63, 3.8) is 0 Å². The van der Waals surface area contributed by atoms with Crippen molar-refractivity contribution in [1.82, 2.24) is 0 Å². The van der Waals surface area contributed by atoms with Gasteiger partial charge in [0.2, 0.25) is 0 Å². The Bertz CT molecular complexity index is 233. The summed E-state index contributed by atoms with van der Waals surface area (Å²) < 4.78 is 0. The topological polar surface area (TPSA) is 40.5 Å². The fourth-order valence-corrected chi connectivity index (χ4v) is 1.06. The Hall–Kier alpha value is -0.860. The van der Waals surface area contributed by atoms with E-state index in [-0.39, 0.29) is 6.61 Å². The van der Waals surface area contributed by atoms with Crippen molar-refractivity contribution in [1.29, 1.82) is 0 Å². The molecule has 0 saturated carbocycles. The molecule has 0 aliphatic rings. The standard InChI is InChI=1S/C9H12O2/c1-7-4-2-3-5-8(7)9(11)6-10/h2-5,9-11H,6H2,1H3/t9-/m0/s1. The molecule has 1 aromatic carbocycles. The minimum atomic E-state index is -0.740. The molecular weight excluding hydrogens is 140 g/mol. The van der Waals surface area contributed by atoms with Gasteiger partial charge in [-0.25, -0.2) is 0 Å². The summed E-state index contributed by atoms with van der Waals surface area (Å²) in [6, 6.07) is 7.48. The lowest BCUT2D eigenvalue weighted by molar-refractivity contribution is 0.0951. The van der Waals surface area contributed by atoms with E-state index < -0.39 is 6.10 Å². The first-order valence-electron chi connectivity index (χ1n) is 3.60. The van der Waals surface area contributed by atoms with Gasteiger partial charge in [0.05, 0.1) is 6.61 Å². The highest BCUT2D eigenvalue weighted by molar-refractivity contribution is 5.27. The summed E-state index contributed by atoms with van der Waals surface area (Å²) in [4.78, 5) is 0. The maximum Gasteiger partial charge on any atom is 0.102 e. The van der Waals surface area contributed by atoms with Gasteiger partial charge in [-0.3, -0.25) is 0 Å². The van der Waals surface area contributed by atoms with E-state index in [0.717, 1.165) is 11.1 Å². The van der Waals surface area contributed by atoms with Gasteiger partial charge in [-0.1, -0.05) is 24.3 Å². The van der Waals surface area contributed by atoms with Crippen LogP contribution in [-0.2, 0) is 0 Å². The van der Waals surface area contributed by atoms with E-state index in [2.05, 4.69) is 0 Å². The second-order valence-corrected chi connectivity index (χ2v) is 2.55. The first kappa shape index (κ1) is 8.24. The Balaban J connectivity index is 2.93. The van der Waals surface area contributed by atoms with Crippen molar-refractivity contribution in [3.8, 4) is 0 Å². The molecule has 2 nitrogen and oxygen atoms in total. The number of rotatable bonds is 2. The van der Waals surface area contributed by atoms with E-state index in [0.29, 0.717) is 0 Å². The minimum absolute atomic E-state index is 0.217. The highest BCUT2D eigenvalue weighted by Crippen LogP contribution is 2.15. The maximum absolute atomic E-state index is 9.26. The highest BCUT2D eigenvalue weighted by Gasteiger charge is 2.06. The molecule has 0 aliphatic heterocycles. The van der Waals surface area contributed by atoms with E-state index in [9.17, 15) is 5.11 Å². The van der Waals surface area contributed by atoms with Gasteiger partial charge in [-0.2, -0.15) is 0 Å². The number of benzene rings is 1. The van der Waals surface area contributed by atoms with Crippen LogP contribution in [0.15, 0.2) is 24.3 Å². The van der Waals surface area contributed by atoms with Crippen LogP contribution in [0, 0.1) is 6.92 Å².